The van der Waals surface area contributed by atoms with Gasteiger partial charge in [-0.1, -0.05) is 6.07 Å². The highest BCUT2D eigenvalue weighted by Crippen LogP contribution is 2.32. The van der Waals surface area contributed by atoms with Gasteiger partial charge in [-0.05, 0) is 51.2 Å². The first kappa shape index (κ1) is 12.1. The van der Waals surface area contributed by atoms with Gasteiger partial charge in [-0.25, -0.2) is 0 Å². The van der Waals surface area contributed by atoms with Gasteiger partial charge in [-0.15, -0.1) is 0 Å². The average molecular weight is 246 g/mol. The Morgan fingerprint density at radius 2 is 2.28 bits per heavy atom. The van der Waals surface area contributed by atoms with Gasteiger partial charge < -0.3 is 10.1 Å². The average Bonchev–Trinajstić information content (AvgIpc) is 2.72. The van der Waals surface area contributed by atoms with Crippen molar-refractivity contribution in [3.63, 3.8) is 0 Å². The first-order valence-corrected chi connectivity index (χ1v) is 6.98. The zero-order valence-electron chi connectivity index (χ0n) is 11.3. The van der Waals surface area contributed by atoms with E-state index >= 15 is 0 Å². The van der Waals surface area contributed by atoms with E-state index in [1.54, 1.807) is 0 Å². The van der Waals surface area contributed by atoms with Gasteiger partial charge in [0.25, 0.3) is 0 Å². The Morgan fingerprint density at radius 1 is 1.39 bits per heavy atom. The van der Waals surface area contributed by atoms with E-state index < -0.39 is 0 Å². The summed E-state index contributed by atoms with van der Waals surface area (Å²) in [6, 6.07) is 5.25. The predicted octanol–water partition coefficient (Wildman–Crippen LogP) is 2.62. The molecular formula is C15H22N2O. The highest BCUT2D eigenvalue weighted by molar-refractivity contribution is 5.28. The van der Waals surface area contributed by atoms with Gasteiger partial charge in [0.2, 0.25) is 0 Å². The fourth-order valence-corrected chi connectivity index (χ4v) is 3.23. The smallest absolute Gasteiger partial charge is 0.0641 e. The van der Waals surface area contributed by atoms with Gasteiger partial charge >= 0.3 is 0 Å². The molecule has 3 nitrogen and oxygen atoms in total. The van der Waals surface area contributed by atoms with E-state index in [2.05, 4.69) is 30.2 Å². The van der Waals surface area contributed by atoms with Crippen LogP contribution in [0.1, 0.15) is 50.4 Å². The molecular weight excluding hydrogens is 224 g/mol. The molecule has 1 fully saturated rings. The Balaban J connectivity index is 1.68. The Labute approximate surface area is 109 Å². The number of aryl methyl sites for hydroxylation is 1. The second-order valence-corrected chi connectivity index (χ2v) is 6.10. The van der Waals surface area contributed by atoms with Crippen LogP contribution in [0.2, 0.25) is 0 Å². The lowest BCUT2D eigenvalue weighted by molar-refractivity contribution is -0.0642. The zero-order valence-corrected chi connectivity index (χ0v) is 11.3. The van der Waals surface area contributed by atoms with Crippen molar-refractivity contribution >= 4 is 0 Å². The minimum Gasteiger partial charge on any atom is -0.375 e. The second-order valence-electron chi connectivity index (χ2n) is 6.10. The molecule has 0 bridgehead atoms. The van der Waals surface area contributed by atoms with Crippen LogP contribution in [0.5, 0.6) is 0 Å². The summed E-state index contributed by atoms with van der Waals surface area (Å²) < 4.78 is 5.77. The summed E-state index contributed by atoms with van der Waals surface area (Å²) in [5, 5.41) is 3.79. The van der Waals surface area contributed by atoms with Crippen LogP contribution in [-0.4, -0.2) is 23.2 Å². The van der Waals surface area contributed by atoms with Gasteiger partial charge in [0.1, 0.15) is 0 Å². The van der Waals surface area contributed by atoms with Crippen molar-refractivity contribution in [2.24, 2.45) is 0 Å². The van der Waals surface area contributed by atoms with E-state index in [9.17, 15) is 0 Å². The van der Waals surface area contributed by atoms with Crippen molar-refractivity contribution in [2.75, 3.05) is 6.61 Å². The number of ether oxygens (including phenoxy) is 1. The highest BCUT2D eigenvalue weighted by atomic mass is 16.5. The quantitative estimate of drug-likeness (QED) is 0.871. The molecule has 1 saturated heterocycles. The maximum Gasteiger partial charge on any atom is 0.0641 e. The number of nitrogens with one attached hydrogen (secondary N) is 1. The molecule has 0 saturated carbocycles. The second kappa shape index (κ2) is 4.63. The molecule has 1 aromatic rings. The molecule has 1 N–H and O–H groups in total. The van der Waals surface area contributed by atoms with Gasteiger partial charge in [0.15, 0.2) is 0 Å². The van der Waals surface area contributed by atoms with Crippen molar-refractivity contribution < 1.29 is 4.74 Å². The third kappa shape index (κ3) is 2.43. The van der Waals surface area contributed by atoms with Crippen LogP contribution in [0.15, 0.2) is 18.3 Å². The number of hydrogen-bond donors (Lipinski definition) is 1. The highest BCUT2D eigenvalue weighted by Gasteiger charge is 2.32. The molecule has 0 radical (unpaired) electrons. The number of pyridine rings is 1. The molecule has 1 aliphatic carbocycles. The predicted molar refractivity (Wildman–Crippen MR) is 71.5 cm³/mol. The summed E-state index contributed by atoms with van der Waals surface area (Å²) in [7, 11) is 0. The monoisotopic (exact) mass is 246 g/mol. The van der Waals surface area contributed by atoms with E-state index in [0.717, 1.165) is 25.9 Å². The number of hydrogen-bond acceptors (Lipinski definition) is 3. The fraction of sp³-hybridized carbons (Fsp3) is 0.667. The summed E-state index contributed by atoms with van der Waals surface area (Å²) in [4.78, 5) is 4.55. The minimum atomic E-state index is 0.0153. The molecule has 1 aromatic heterocycles. The van der Waals surface area contributed by atoms with Crippen LogP contribution in [0, 0.1) is 0 Å². The molecule has 0 amide bonds. The van der Waals surface area contributed by atoms with E-state index in [0.29, 0.717) is 12.1 Å². The van der Waals surface area contributed by atoms with Crippen LogP contribution < -0.4 is 5.32 Å². The number of rotatable bonds is 2. The van der Waals surface area contributed by atoms with E-state index in [1.807, 2.05) is 12.3 Å². The summed E-state index contributed by atoms with van der Waals surface area (Å²) in [5.41, 5.74) is 2.70. The summed E-state index contributed by atoms with van der Waals surface area (Å²) in [6.07, 6.45) is 6.46. The molecule has 2 atom stereocenters. The Bertz CT molecular complexity index is 430. The van der Waals surface area contributed by atoms with E-state index in [1.165, 1.54) is 17.7 Å². The summed E-state index contributed by atoms with van der Waals surface area (Å²) in [6.45, 7) is 5.23. The third-order valence-electron chi connectivity index (χ3n) is 4.09. The fourth-order valence-electron chi connectivity index (χ4n) is 3.23. The van der Waals surface area contributed by atoms with Gasteiger partial charge in [-0.3, -0.25) is 4.98 Å². The molecule has 3 rings (SSSR count). The zero-order chi connectivity index (χ0) is 12.6. The van der Waals surface area contributed by atoms with E-state index in [4.69, 9.17) is 4.74 Å². The lowest BCUT2D eigenvalue weighted by Crippen LogP contribution is -2.44. The summed E-state index contributed by atoms with van der Waals surface area (Å²) >= 11 is 0. The standard InChI is InChI=1S/C15H22N2O/c1-15(2)10-12(7-9-18-15)17-13-6-5-11-4-3-8-16-14(11)13/h3-4,8,12-13,17H,5-7,9-10H2,1-2H3. The first-order chi connectivity index (χ1) is 8.64. The van der Waals surface area contributed by atoms with Crippen molar-refractivity contribution in [3.05, 3.63) is 29.6 Å². The topological polar surface area (TPSA) is 34.2 Å². The third-order valence-corrected chi connectivity index (χ3v) is 4.09. The van der Waals surface area contributed by atoms with Crippen LogP contribution in [0.4, 0.5) is 0 Å². The maximum absolute atomic E-state index is 5.77. The van der Waals surface area contributed by atoms with Gasteiger partial charge in [-0.2, -0.15) is 0 Å². The van der Waals surface area contributed by atoms with Crippen LogP contribution >= 0.6 is 0 Å². The van der Waals surface area contributed by atoms with Crippen molar-refractivity contribution in [1.82, 2.24) is 10.3 Å². The van der Waals surface area contributed by atoms with Crippen molar-refractivity contribution in [1.29, 1.82) is 0 Å². The maximum atomic E-state index is 5.77. The van der Waals surface area contributed by atoms with Crippen molar-refractivity contribution in [3.8, 4) is 0 Å². The van der Waals surface area contributed by atoms with Gasteiger partial charge in [0, 0.05) is 18.8 Å². The molecule has 2 unspecified atom stereocenters. The Hall–Kier alpha value is -0.930. The van der Waals surface area contributed by atoms with Gasteiger partial charge in [0.05, 0.1) is 17.3 Å². The normalized spacial score (nSPS) is 30.1. The molecule has 98 valence electrons. The van der Waals surface area contributed by atoms with E-state index in [-0.39, 0.29) is 5.60 Å². The minimum absolute atomic E-state index is 0.0153. The SMILES string of the molecule is CC1(C)CC(NC2CCc3cccnc32)CCO1. The van der Waals surface area contributed by atoms with Crippen LogP contribution in [0.25, 0.3) is 0 Å². The Kier molecular flexibility index (Phi) is 3.12. The first-order valence-electron chi connectivity index (χ1n) is 6.98. The van der Waals surface area contributed by atoms with Crippen LogP contribution in [0.3, 0.4) is 0 Å². The molecule has 2 heterocycles. The largest absolute Gasteiger partial charge is 0.375 e. The molecule has 0 aromatic carbocycles. The molecule has 18 heavy (non-hydrogen) atoms. The number of nitrogens with zero attached hydrogens (tertiary/aromatic N) is 1. The number of aromatic nitrogens is 1. The molecule has 2 aliphatic rings. The molecule has 0 spiro atoms. The summed E-state index contributed by atoms with van der Waals surface area (Å²) in [5.74, 6) is 0. The molecule has 3 heteroatoms. The lowest BCUT2D eigenvalue weighted by atomic mass is 9.93. The van der Waals surface area contributed by atoms with Crippen LogP contribution in [-0.2, 0) is 11.2 Å². The molecule has 1 aliphatic heterocycles. The lowest BCUT2D eigenvalue weighted by Gasteiger charge is -2.37. The number of fused-ring (bicyclic) bond motifs is 1. The Morgan fingerprint density at radius 3 is 3.11 bits per heavy atom. The van der Waals surface area contributed by atoms with Crippen molar-refractivity contribution in [2.45, 2.75) is 57.2 Å².